The summed E-state index contributed by atoms with van der Waals surface area (Å²) in [7, 11) is 0. The van der Waals surface area contributed by atoms with Crippen molar-refractivity contribution < 1.29 is 4.79 Å². The topological polar surface area (TPSA) is 99.7 Å². The van der Waals surface area contributed by atoms with Gasteiger partial charge in [-0.1, -0.05) is 0 Å². The van der Waals surface area contributed by atoms with Crippen LogP contribution in [0.4, 0.5) is 11.5 Å². The Bertz CT molecular complexity index is 827. The lowest BCUT2D eigenvalue weighted by Crippen LogP contribution is -2.27. The number of H-pyrrole nitrogens is 1. The number of aromatic amines is 1. The fraction of sp³-hybridized carbons (Fsp3) is 0.267. The van der Waals surface area contributed by atoms with Crippen LogP contribution in [0.5, 0.6) is 0 Å². The van der Waals surface area contributed by atoms with Gasteiger partial charge in [-0.3, -0.25) is 14.9 Å². The molecule has 2 N–H and O–H groups in total. The van der Waals surface area contributed by atoms with Gasteiger partial charge in [0, 0.05) is 25.5 Å². The van der Waals surface area contributed by atoms with Gasteiger partial charge in [-0.2, -0.15) is 5.10 Å². The largest absolute Gasteiger partial charge is 0.354 e. The predicted octanol–water partition coefficient (Wildman–Crippen LogP) is 1.21. The monoisotopic (exact) mass is 309 g/mol. The van der Waals surface area contributed by atoms with Gasteiger partial charge in [0.25, 0.3) is 0 Å². The Hall–Kier alpha value is -3.03. The van der Waals surface area contributed by atoms with Crippen molar-refractivity contribution in [1.29, 1.82) is 0 Å². The summed E-state index contributed by atoms with van der Waals surface area (Å²) < 4.78 is 0. The molecule has 1 atom stereocenters. The van der Waals surface area contributed by atoms with Crippen molar-refractivity contribution in [3.8, 4) is 0 Å². The summed E-state index contributed by atoms with van der Waals surface area (Å²) in [4.78, 5) is 27.4. The Balaban J connectivity index is 1.52. The zero-order chi connectivity index (χ0) is 15.6. The Labute approximate surface area is 132 Å². The highest BCUT2D eigenvalue weighted by Crippen LogP contribution is 2.27. The van der Waals surface area contributed by atoms with E-state index in [0.29, 0.717) is 12.2 Å². The molecule has 4 rings (SSSR count). The molecule has 0 saturated carbocycles. The fourth-order valence-electron chi connectivity index (χ4n) is 2.84. The molecule has 0 aliphatic carbocycles. The average Bonchev–Trinajstić information content (AvgIpc) is 3.26. The minimum absolute atomic E-state index is 0.000205. The van der Waals surface area contributed by atoms with E-state index in [2.05, 4.69) is 35.4 Å². The van der Waals surface area contributed by atoms with Crippen LogP contribution >= 0.6 is 0 Å². The van der Waals surface area contributed by atoms with E-state index in [0.717, 1.165) is 29.8 Å². The molecule has 1 fully saturated rings. The molecular formula is C15H15N7O. The third-order valence-corrected chi connectivity index (χ3v) is 4.00. The first-order chi connectivity index (χ1) is 11.3. The van der Waals surface area contributed by atoms with Crippen molar-refractivity contribution in [1.82, 2.24) is 25.1 Å². The number of anilines is 2. The standard InChI is InChI=1S/C15H15N7O/c23-15(21-11-6-19-20-7-11)10-3-5-22(8-10)14-13-12(17-9-18-14)2-1-4-16-13/h1-2,4,6-7,9-10H,3,5,8H2,(H,19,20)(H,21,23). The molecule has 0 aromatic carbocycles. The number of nitrogens with one attached hydrogen (secondary N) is 2. The van der Waals surface area contributed by atoms with E-state index in [4.69, 9.17) is 0 Å². The zero-order valence-corrected chi connectivity index (χ0v) is 12.3. The van der Waals surface area contributed by atoms with Gasteiger partial charge in [-0.05, 0) is 18.6 Å². The van der Waals surface area contributed by atoms with Crippen LogP contribution in [-0.2, 0) is 4.79 Å². The Kier molecular flexibility index (Phi) is 3.34. The van der Waals surface area contributed by atoms with Crippen molar-refractivity contribution in [3.63, 3.8) is 0 Å². The summed E-state index contributed by atoms with van der Waals surface area (Å²) in [6.07, 6.45) is 7.30. The van der Waals surface area contributed by atoms with Gasteiger partial charge in [-0.25, -0.2) is 9.97 Å². The number of nitrogens with zero attached hydrogens (tertiary/aromatic N) is 5. The minimum atomic E-state index is -0.0846. The molecule has 1 saturated heterocycles. The molecule has 3 aromatic heterocycles. The lowest BCUT2D eigenvalue weighted by Gasteiger charge is -2.18. The van der Waals surface area contributed by atoms with Gasteiger partial charge < -0.3 is 10.2 Å². The number of hydrogen-bond donors (Lipinski definition) is 2. The third kappa shape index (κ3) is 2.59. The molecule has 8 nitrogen and oxygen atoms in total. The van der Waals surface area contributed by atoms with Gasteiger partial charge in [-0.15, -0.1) is 0 Å². The lowest BCUT2D eigenvalue weighted by atomic mass is 10.1. The van der Waals surface area contributed by atoms with Crippen molar-refractivity contribution in [3.05, 3.63) is 37.1 Å². The number of rotatable bonds is 3. The van der Waals surface area contributed by atoms with Crippen LogP contribution in [0.2, 0.25) is 0 Å². The normalized spacial score (nSPS) is 17.6. The van der Waals surface area contributed by atoms with E-state index in [-0.39, 0.29) is 11.8 Å². The lowest BCUT2D eigenvalue weighted by molar-refractivity contribution is -0.119. The smallest absolute Gasteiger partial charge is 0.229 e. The van der Waals surface area contributed by atoms with Crippen LogP contribution in [0.3, 0.4) is 0 Å². The molecule has 0 spiro atoms. The molecule has 116 valence electrons. The maximum atomic E-state index is 12.3. The van der Waals surface area contributed by atoms with Crippen molar-refractivity contribution in [2.45, 2.75) is 6.42 Å². The van der Waals surface area contributed by atoms with Crippen LogP contribution in [0.1, 0.15) is 6.42 Å². The summed E-state index contributed by atoms with van der Waals surface area (Å²) in [5.41, 5.74) is 2.26. The highest BCUT2D eigenvalue weighted by Gasteiger charge is 2.30. The van der Waals surface area contributed by atoms with Crippen LogP contribution in [-0.4, -0.2) is 44.1 Å². The first-order valence-corrected chi connectivity index (χ1v) is 7.41. The quantitative estimate of drug-likeness (QED) is 0.754. The number of carbonyl (C=O) groups is 1. The van der Waals surface area contributed by atoms with Gasteiger partial charge in [0.2, 0.25) is 5.91 Å². The molecule has 1 unspecified atom stereocenters. The number of fused-ring (bicyclic) bond motifs is 1. The molecule has 4 heterocycles. The molecule has 0 radical (unpaired) electrons. The minimum Gasteiger partial charge on any atom is -0.354 e. The molecule has 8 heteroatoms. The summed E-state index contributed by atoms with van der Waals surface area (Å²) in [5.74, 6) is 0.702. The molecule has 3 aromatic rings. The van der Waals surface area contributed by atoms with Crippen LogP contribution in [0.25, 0.3) is 11.0 Å². The first kappa shape index (κ1) is 13.6. The Morgan fingerprint density at radius 3 is 3.17 bits per heavy atom. The van der Waals surface area contributed by atoms with E-state index < -0.39 is 0 Å². The summed E-state index contributed by atoms with van der Waals surface area (Å²) in [5, 5.41) is 9.37. The molecular weight excluding hydrogens is 294 g/mol. The number of carbonyl (C=O) groups excluding carboxylic acids is 1. The van der Waals surface area contributed by atoms with E-state index >= 15 is 0 Å². The number of aromatic nitrogens is 5. The molecule has 23 heavy (non-hydrogen) atoms. The van der Waals surface area contributed by atoms with Crippen molar-refractivity contribution in [2.75, 3.05) is 23.3 Å². The van der Waals surface area contributed by atoms with Crippen molar-refractivity contribution >= 4 is 28.4 Å². The second-order valence-corrected chi connectivity index (χ2v) is 5.48. The van der Waals surface area contributed by atoms with E-state index in [1.54, 1.807) is 18.6 Å². The van der Waals surface area contributed by atoms with Gasteiger partial charge in [0.05, 0.1) is 23.3 Å². The highest BCUT2D eigenvalue weighted by atomic mass is 16.2. The van der Waals surface area contributed by atoms with Gasteiger partial charge >= 0.3 is 0 Å². The van der Waals surface area contributed by atoms with Crippen LogP contribution in [0, 0.1) is 5.92 Å². The zero-order valence-electron chi connectivity index (χ0n) is 12.3. The number of hydrogen-bond acceptors (Lipinski definition) is 6. The molecule has 0 bridgehead atoms. The maximum absolute atomic E-state index is 12.3. The van der Waals surface area contributed by atoms with E-state index in [1.807, 2.05) is 12.1 Å². The number of amides is 1. The average molecular weight is 309 g/mol. The van der Waals surface area contributed by atoms with Crippen LogP contribution < -0.4 is 10.2 Å². The second kappa shape index (κ2) is 5.64. The molecule has 1 amide bonds. The maximum Gasteiger partial charge on any atom is 0.229 e. The van der Waals surface area contributed by atoms with Crippen molar-refractivity contribution in [2.24, 2.45) is 5.92 Å². The predicted molar refractivity (Wildman–Crippen MR) is 84.9 cm³/mol. The number of pyridine rings is 1. The first-order valence-electron chi connectivity index (χ1n) is 7.41. The highest BCUT2D eigenvalue weighted by molar-refractivity contribution is 5.93. The Morgan fingerprint density at radius 2 is 2.30 bits per heavy atom. The third-order valence-electron chi connectivity index (χ3n) is 4.00. The second-order valence-electron chi connectivity index (χ2n) is 5.48. The van der Waals surface area contributed by atoms with E-state index in [1.165, 1.54) is 6.33 Å². The van der Waals surface area contributed by atoms with Gasteiger partial charge in [0.15, 0.2) is 5.82 Å². The van der Waals surface area contributed by atoms with E-state index in [9.17, 15) is 4.79 Å². The SMILES string of the molecule is O=C(Nc1cn[nH]c1)C1CCN(c2ncnc3cccnc23)C1. The summed E-state index contributed by atoms with van der Waals surface area (Å²) in [6.45, 7) is 1.39. The molecule has 1 aliphatic heterocycles. The Morgan fingerprint density at radius 1 is 1.35 bits per heavy atom. The summed E-state index contributed by atoms with van der Waals surface area (Å²) >= 11 is 0. The van der Waals surface area contributed by atoms with Crippen LogP contribution in [0.15, 0.2) is 37.1 Å². The molecule has 1 aliphatic rings. The van der Waals surface area contributed by atoms with Gasteiger partial charge in [0.1, 0.15) is 11.8 Å². The summed E-state index contributed by atoms with van der Waals surface area (Å²) in [6, 6.07) is 3.76. The fourth-order valence-corrected chi connectivity index (χ4v) is 2.84.